The first-order chi connectivity index (χ1) is 7.22. The average Bonchev–Trinajstić information content (AvgIpc) is 2.37. The summed E-state index contributed by atoms with van der Waals surface area (Å²) in [6, 6.07) is 10.8. The Balaban J connectivity index is 2.96. The quantitative estimate of drug-likeness (QED) is 0.792. The molecule has 0 fully saturated rings. The molecule has 0 unspecified atom stereocenters. The molecule has 0 aliphatic heterocycles. The number of halogens is 1. The van der Waals surface area contributed by atoms with Gasteiger partial charge in [0.1, 0.15) is 5.75 Å². The van der Waals surface area contributed by atoms with E-state index in [1.807, 2.05) is 30.3 Å². The van der Waals surface area contributed by atoms with Crippen LogP contribution in [0.3, 0.4) is 0 Å². The predicted octanol–water partition coefficient (Wildman–Crippen LogP) is 2.97. The Morgan fingerprint density at radius 1 is 1.20 bits per heavy atom. The molecule has 0 spiro atoms. The van der Waals surface area contributed by atoms with E-state index in [9.17, 15) is 4.79 Å². The van der Waals surface area contributed by atoms with Gasteiger partial charge in [0, 0.05) is 11.5 Å². The van der Waals surface area contributed by atoms with Gasteiger partial charge in [-0.15, -0.1) is 0 Å². The van der Waals surface area contributed by atoms with Crippen molar-refractivity contribution in [2.45, 2.75) is 0 Å². The van der Waals surface area contributed by atoms with Gasteiger partial charge in [0.05, 0.1) is 11.6 Å². The molecule has 0 saturated carbocycles. The van der Waals surface area contributed by atoms with Gasteiger partial charge in [0.15, 0.2) is 5.43 Å². The van der Waals surface area contributed by atoms with Crippen LogP contribution in [0.25, 0.3) is 10.8 Å². The number of fused-ring (bicyclic) bond motifs is 1. The van der Waals surface area contributed by atoms with Crippen LogP contribution < -0.4 is 10.2 Å². The summed E-state index contributed by atoms with van der Waals surface area (Å²) in [5.41, 5.74) is -0.0341. The number of benzene rings is 1. The molecule has 2 nitrogen and oxygen atoms in total. The van der Waals surface area contributed by atoms with Gasteiger partial charge in [-0.05, 0) is 27.4 Å². The predicted molar refractivity (Wildman–Crippen MR) is 64.5 cm³/mol. The highest BCUT2D eigenvalue weighted by molar-refractivity contribution is 9.10. The monoisotopic (exact) mass is 264 g/mol. The Labute approximate surface area is 95.6 Å². The summed E-state index contributed by atoms with van der Waals surface area (Å²) < 4.78 is 5.89. The second-order valence-electron chi connectivity index (χ2n) is 3.16. The molecular weight excluding hydrogens is 256 g/mol. The normalized spacial score (nSPS) is 10.3. The highest BCUT2D eigenvalue weighted by atomic mass is 79.9. The molecule has 0 bridgehead atoms. The van der Waals surface area contributed by atoms with Crippen molar-refractivity contribution in [1.29, 1.82) is 0 Å². The Hall–Kier alpha value is -1.35. The molecule has 0 atom stereocenters. The SMILES string of the molecule is COc1cc(=O)c2ccccc2cc1Br. The van der Waals surface area contributed by atoms with Crippen molar-refractivity contribution in [2.24, 2.45) is 0 Å². The zero-order chi connectivity index (χ0) is 10.8. The Kier molecular flexibility index (Phi) is 2.73. The van der Waals surface area contributed by atoms with Crippen LogP contribution >= 0.6 is 15.9 Å². The highest BCUT2D eigenvalue weighted by Gasteiger charge is 2.02. The molecule has 3 heteroatoms. The fraction of sp³-hybridized carbons (Fsp3) is 0.0833. The van der Waals surface area contributed by atoms with Crippen LogP contribution in [-0.2, 0) is 0 Å². The van der Waals surface area contributed by atoms with Crippen LogP contribution in [0.2, 0.25) is 0 Å². The Bertz CT molecular complexity index is 564. The zero-order valence-electron chi connectivity index (χ0n) is 8.16. The van der Waals surface area contributed by atoms with Crippen molar-refractivity contribution < 1.29 is 4.74 Å². The number of hydrogen-bond acceptors (Lipinski definition) is 2. The van der Waals surface area contributed by atoms with E-state index in [0.717, 1.165) is 9.86 Å². The third-order valence-electron chi connectivity index (χ3n) is 2.23. The van der Waals surface area contributed by atoms with Gasteiger partial charge in [-0.2, -0.15) is 0 Å². The summed E-state index contributed by atoms with van der Waals surface area (Å²) in [6.45, 7) is 0. The second kappa shape index (κ2) is 4.03. The van der Waals surface area contributed by atoms with Gasteiger partial charge in [0.2, 0.25) is 0 Å². The van der Waals surface area contributed by atoms with Gasteiger partial charge in [-0.1, -0.05) is 24.3 Å². The summed E-state index contributed by atoms with van der Waals surface area (Å²) in [7, 11) is 1.55. The lowest BCUT2D eigenvalue weighted by Gasteiger charge is -1.95. The fourth-order valence-corrected chi connectivity index (χ4v) is 2.00. The maximum atomic E-state index is 11.8. The molecule has 2 rings (SSSR count). The van der Waals surface area contributed by atoms with Crippen molar-refractivity contribution in [2.75, 3.05) is 7.11 Å². The first-order valence-corrected chi connectivity index (χ1v) is 5.28. The van der Waals surface area contributed by atoms with Gasteiger partial charge < -0.3 is 4.74 Å². The van der Waals surface area contributed by atoms with Crippen LogP contribution in [0.1, 0.15) is 0 Å². The molecule has 0 heterocycles. The number of ether oxygens (including phenoxy) is 1. The van der Waals surface area contributed by atoms with Crippen LogP contribution in [0.5, 0.6) is 5.75 Å². The number of hydrogen-bond donors (Lipinski definition) is 0. The maximum absolute atomic E-state index is 11.8. The Morgan fingerprint density at radius 2 is 1.93 bits per heavy atom. The topological polar surface area (TPSA) is 26.3 Å². The van der Waals surface area contributed by atoms with Gasteiger partial charge in [0.25, 0.3) is 0 Å². The maximum Gasteiger partial charge on any atom is 0.190 e. The lowest BCUT2D eigenvalue weighted by molar-refractivity contribution is 0.412. The molecule has 0 amide bonds. The van der Waals surface area contributed by atoms with Crippen molar-refractivity contribution in [3.8, 4) is 5.75 Å². The van der Waals surface area contributed by atoms with E-state index in [2.05, 4.69) is 15.9 Å². The van der Waals surface area contributed by atoms with Crippen LogP contribution in [0.15, 0.2) is 45.7 Å². The molecule has 15 heavy (non-hydrogen) atoms. The first-order valence-electron chi connectivity index (χ1n) is 4.49. The number of methoxy groups -OCH3 is 1. The summed E-state index contributed by atoms with van der Waals surface area (Å²) in [5, 5.41) is 1.60. The summed E-state index contributed by atoms with van der Waals surface area (Å²) >= 11 is 3.38. The van der Waals surface area contributed by atoms with Crippen LogP contribution in [-0.4, -0.2) is 7.11 Å². The summed E-state index contributed by atoms with van der Waals surface area (Å²) in [4.78, 5) is 11.8. The molecular formula is C12H9BrO2. The van der Waals surface area contributed by atoms with Crippen molar-refractivity contribution in [3.63, 3.8) is 0 Å². The molecule has 0 saturated heterocycles. The van der Waals surface area contributed by atoms with Crippen molar-refractivity contribution >= 4 is 26.7 Å². The zero-order valence-corrected chi connectivity index (χ0v) is 9.74. The minimum Gasteiger partial charge on any atom is -0.495 e. The minimum absolute atomic E-state index is 0.0341. The summed E-state index contributed by atoms with van der Waals surface area (Å²) in [5.74, 6) is 0.552. The molecule has 0 aliphatic carbocycles. The van der Waals surface area contributed by atoms with E-state index in [1.54, 1.807) is 7.11 Å². The average molecular weight is 265 g/mol. The molecule has 2 aromatic carbocycles. The van der Waals surface area contributed by atoms with E-state index < -0.39 is 0 Å². The third kappa shape index (κ3) is 1.88. The van der Waals surface area contributed by atoms with Crippen LogP contribution in [0.4, 0.5) is 0 Å². The lowest BCUT2D eigenvalue weighted by atomic mass is 10.2. The Morgan fingerprint density at radius 3 is 2.67 bits per heavy atom. The standard InChI is InChI=1S/C12H9BrO2/c1-15-12-7-11(14)9-5-3-2-4-8(9)6-10(12)13/h2-7H,1H3. The van der Waals surface area contributed by atoms with E-state index in [1.165, 1.54) is 6.07 Å². The molecule has 76 valence electrons. The molecule has 0 N–H and O–H groups in total. The largest absolute Gasteiger partial charge is 0.495 e. The summed E-state index contributed by atoms with van der Waals surface area (Å²) in [6.07, 6.45) is 0. The van der Waals surface area contributed by atoms with E-state index in [4.69, 9.17) is 4.74 Å². The highest BCUT2D eigenvalue weighted by Crippen LogP contribution is 2.24. The smallest absolute Gasteiger partial charge is 0.190 e. The third-order valence-corrected chi connectivity index (χ3v) is 2.85. The molecule has 0 radical (unpaired) electrons. The first kappa shape index (κ1) is 10.2. The van der Waals surface area contributed by atoms with E-state index in [-0.39, 0.29) is 5.43 Å². The molecule has 2 aromatic rings. The van der Waals surface area contributed by atoms with E-state index >= 15 is 0 Å². The van der Waals surface area contributed by atoms with Gasteiger partial charge in [-0.25, -0.2) is 0 Å². The van der Waals surface area contributed by atoms with Gasteiger partial charge in [-0.3, -0.25) is 4.79 Å². The van der Waals surface area contributed by atoms with Crippen molar-refractivity contribution in [1.82, 2.24) is 0 Å². The second-order valence-corrected chi connectivity index (χ2v) is 4.01. The molecule has 0 aliphatic rings. The lowest BCUT2D eigenvalue weighted by Crippen LogP contribution is -1.95. The van der Waals surface area contributed by atoms with Crippen molar-refractivity contribution in [3.05, 3.63) is 51.1 Å². The van der Waals surface area contributed by atoms with E-state index in [0.29, 0.717) is 11.1 Å². The fourth-order valence-electron chi connectivity index (χ4n) is 1.48. The minimum atomic E-state index is -0.0341. The van der Waals surface area contributed by atoms with Crippen LogP contribution in [0, 0.1) is 0 Å². The van der Waals surface area contributed by atoms with Gasteiger partial charge >= 0.3 is 0 Å². The molecule has 0 aromatic heterocycles. The number of rotatable bonds is 1.